The first-order chi connectivity index (χ1) is 10.8. The second kappa shape index (κ2) is 7.10. The number of benzene rings is 1. The molecule has 0 saturated carbocycles. The Bertz CT molecular complexity index is 772. The second-order valence-electron chi connectivity index (χ2n) is 5.70. The Balaban J connectivity index is 2.36. The normalized spacial score (nSPS) is 11.7. The smallest absolute Gasteiger partial charge is 0.244 e. The van der Waals surface area contributed by atoms with E-state index in [1.54, 1.807) is 30.6 Å². The molecule has 1 aromatic heterocycles. The molecule has 1 heterocycles. The lowest BCUT2D eigenvalue weighted by Gasteiger charge is -2.16. The molecular formula is C17H22N2O3S. The summed E-state index contributed by atoms with van der Waals surface area (Å²) in [5.41, 5.74) is 2.81. The maximum atomic E-state index is 12.7. The highest BCUT2D eigenvalue weighted by atomic mass is 32.2. The van der Waals surface area contributed by atoms with Gasteiger partial charge in [-0.15, -0.1) is 0 Å². The van der Waals surface area contributed by atoms with Gasteiger partial charge < -0.3 is 4.74 Å². The van der Waals surface area contributed by atoms with Crippen LogP contribution in [-0.2, 0) is 16.6 Å². The largest absolute Gasteiger partial charge is 0.495 e. The van der Waals surface area contributed by atoms with Crippen LogP contribution in [0.3, 0.4) is 0 Å². The summed E-state index contributed by atoms with van der Waals surface area (Å²) in [5.74, 6) is 0.582. The number of aromatic nitrogens is 1. The highest BCUT2D eigenvalue weighted by Gasteiger charge is 2.22. The first kappa shape index (κ1) is 17.4. The van der Waals surface area contributed by atoms with Gasteiger partial charge in [-0.1, -0.05) is 19.9 Å². The van der Waals surface area contributed by atoms with Crippen molar-refractivity contribution in [3.05, 3.63) is 53.3 Å². The fourth-order valence-corrected chi connectivity index (χ4v) is 3.63. The summed E-state index contributed by atoms with van der Waals surface area (Å²) in [7, 11) is -2.20. The predicted molar refractivity (Wildman–Crippen MR) is 90.1 cm³/mol. The fourth-order valence-electron chi connectivity index (χ4n) is 2.43. The summed E-state index contributed by atoms with van der Waals surface area (Å²) in [6.45, 7) is 6.21. The zero-order valence-electron chi connectivity index (χ0n) is 13.8. The molecule has 0 atom stereocenters. The molecule has 0 aliphatic heterocycles. The van der Waals surface area contributed by atoms with Crippen molar-refractivity contribution < 1.29 is 13.2 Å². The van der Waals surface area contributed by atoms with Crippen LogP contribution in [0.25, 0.3) is 0 Å². The maximum Gasteiger partial charge on any atom is 0.244 e. The van der Waals surface area contributed by atoms with Gasteiger partial charge in [-0.05, 0) is 47.7 Å². The minimum atomic E-state index is -3.68. The molecule has 2 aromatic rings. The van der Waals surface area contributed by atoms with Gasteiger partial charge in [-0.3, -0.25) is 4.98 Å². The third-order valence-electron chi connectivity index (χ3n) is 3.65. The van der Waals surface area contributed by atoms with Gasteiger partial charge >= 0.3 is 0 Å². The third kappa shape index (κ3) is 4.09. The lowest BCUT2D eigenvalue weighted by atomic mass is 9.98. The number of hydrogen-bond acceptors (Lipinski definition) is 4. The van der Waals surface area contributed by atoms with Crippen molar-refractivity contribution in [2.75, 3.05) is 7.11 Å². The predicted octanol–water partition coefficient (Wildman–Crippen LogP) is 3.00. The summed E-state index contributed by atoms with van der Waals surface area (Å²) in [4.78, 5) is 4.15. The summed E-state index contributed by atoms with van der Waals surface area (Å²) >= 11 is 0. The molecule has 0 aliphatic carbocycles. The minimum Gasteiger partial charge on any atom is -0.495 e. The van der Waals surface area contributed by atoms with Crippen LogP contribution in [0.2, 0.25) is 0 Å². The molecule has 0 spiro atoms. The van der Waals surface area contributed by atoms with Gasteiger partial charge in [0.2, 0.25) is 10.0 Å². The van der Waals surface area contributed by atoms with E-state index in [1.165, 1.54) is 7.11 Å². The van der Waals surface area contributed by atoms with Gasteiger partial charge in [-0.2, -0.15) is 0 Å². The van der Waals surface area contributed by atoms with Crippen LogP contribution in [0.4, 0.5) is 0 Å². The Labute approximate surface area is 137 Å². The van der Waals surface area contributed by atoms with Gasteiger partial charge in [0.15, 0.2) is 0 Å². The third-order valence-corrected chi connectivity index (χ3v) is 5.08. The minimum absolute atomic E-state index is 0.165. The van der Waals surface area contributed by atoms with Crippen molar-refractivity contribution in [2.45, 2.75) is 38.1 Å². The van der Waals surface area contributed by atoms with E-state index in [-0.39, 0.29) is 17.4 Å². The van der Waals surface area contributed by atoms with Crippen molar-refractivity contribution in [3.8, 4) is 5.75 Å². The molecule has 1 N–H and O–H groups in total. The van der Waals surface area contributed by atoms with Crippen LogP contribution in [0.15, 0.2) is 41.6 Å². The first-order valence-electron chi connectivity index (χ1n) is 7.42. The van der Waals surface area contributed by atoms with Gasteiger partial charge in [0.1, 0.15) is 10.6 Å². The molecule has 23 heavy (non-hydrogen) atoms. The molecule has 0 aliphatic rings. The molecular weight excluding hydrogens is 312 g/mol. The number of nitrogens with zero attached hydrogens (tertiary/aromatic N) is 1. The van der Waals surface area contributed by atoms with Crippen molar-refractivity contribution in [3.63, 3.8) is 0 Å². The fraction of sp³-hybridized carbons (Fsp3) is 0.353. The van der Waals surface area contributed by atoms with Crippen molar-refractivity contribution in [1.29, 1.82) is 0 Å². The van der Waals surface area contributed by atoms with Crippen LogP contribution in [0.5, 0.6) is 5.75 Å². The zero-order valence-corrected chi connectivity index (χ0v) is 14.6. The lowest BCUT2D eigenvalue weighted by molar-refractivity contribution is 0.401. The SMILES string of the molecule is COc1cc(C)c(C(C)C)cc1S(=O)(=O)NCc1cccnc1. The van der Waals surface area contributed by atoms with Crippen LogP contribution >= 0.6 is 0 Å². The highest BCUT2D eigenvalue weighted by molar-refractivity contribution is 7.89. The van der Waals surface area contributed by atoms with E-state index in [9.17, 15) is 8.42 Å². The summed E-state index contributed by atoms with van der Waals surface area (Å²) in [5, 5.41) is 0. The monoisotopic (exact) mass is 334 g/mol. The summed E-state index contributed by atoms with van der Waals surface area (Å²) in [6, 6.07) is 7.06. The van der Waals surface area contributed by atoms with Gasteiger partial charge in [-0.25, -0.2) is 13.1 Å². The Morgan fingerprint density at radius 2 is 2.04 bits per heavy atom. The van der Waals surface area contributed by atoms with E-state index in [4.69, 9.17) is 4.74 Å². The quantitative estimate of drug-likeness (QED) is 0.882. The number of methoxy groups -OCH3 is 1. The summed E-state index contributed by atoms with van der Waals surface area (Å²) < 4.78 is 33.2. The van der Waals surface area contributed by atoms with E-state index in [0.717, 1.165) is 16.7 Å². The Kier molecular flexibility index (Phi) is 5.38. The molecule has 0 fully saturated rings. The molecule has 0 amide bonds. The Morgan fingerprint density at radius 3 is 2.61 bits per heavy atom. The number of pyridine rings is 1. The number of rotatable bonds is 6. The van der Waals surface area contributed by atoms with Gasteiger partial charge in [0.25, 0.3) is 0 Å². The molecule has 5 nitrogen and oxygen atoms in total. The number of sulfonamides is 1. The zero-order chi connectivity index (χ0) is 17.0. The van der Waals surface area contributed by atoms with E-state index < -0.39 is 10.0 Å². The van der Waals surface area contributed by atoms with E-state index in [0.29, 0.717) is 5.75 Å². The van der Waals surface area contributed by atoms with Crippen LogP contribution in [0.1, 0.15) is 36.5 Å². The molecule has 0 unspecified atom stereocenters. The van der Waals surface area contributed by atoms with Crippen molar-refractivity contribution in [2.24, 2.45) is 0 Å². The van der Waals surface area contributed by atoms with E-state index in [1.807, 2.05) is 26.8 Å². The Hall–Kier alpha value is -1.92. The van der Waals surface area contributed by atoms with Gasteiger partial charge in [0.05, 0.1) is 7.11 Å². The van der Waals surface area contributed by atoms with Crippen LogP contribution in [0, 0.1) is 6.92 Å². The molecule has 6 heteroatoms. The van der Waals surface area contributed by atoms with E-state index >= 15 is 0 Å². The van der Waals surface area contributed by atoms with E-state index in [2.05, 4.69) is 9.71 Å². The second-order valence-corrected chi connectivity index (χ2v) is 7.44. The average Bonchev–Trinajstić information content (AvgIpc) is 2.53. The molecule has 0 saturated heterocycles. The van der Waals surface area contributed by atoms with Crippen molar-refractivity contribution >= 4 is 10.0 Å². The highest BCUT2D eigenvalue weighted by Crippen LogP contribution is 2.31. The van der Waals surface area contributed by atoms with Crippen molar-refractivity contribution in [1.82, 2.24) is 9.71 Å². The summed E-state index contributed by atoms with van der Waals surface area (Å²) in [6.07, 6.45) is 3.28. The number of aryl methyl sites for hydroxylation is 1. The standard InChI is InChI=1S/C17H22N2O3S/c1-12(2)15-9-17(16(22-4)8-13(15)3)23(20,21)19-11-14-6-5-7-18-10-14/h5-10,12,19H,11H2,1-4H3. The molecule has 0 radical (unpaired) electrons. The van der Waals surface area contributed by atoms with Gasteiger partial charge in [0, 0.05) is 18.9 Å². The van der Waals surface area contributed by atoms with Crippen LogP contribution in [-0.4, -0.2) is 20.5 Å². The molecule has 2 rings (SSSR count). The molecule has 0 bridgehead atoms. The maximum absolute atomic E-state index is 12.7. The molecule has 1 aromatic carbocycles. The lowest BCUT2D eigenvalue weighted by Crippen LogP contribution is -2.24. The number of nitrogens with one attached hydrogen (secondary N) is 1. The molecule has 124 valence electrons. The number of ether oxygens (including phenoxy) is 1. The Morgan fingerprint density at radius 1 is 1.30 bits per heavy atom. The number of hydrogen-bond donors (Lipinski definition) is 1. The average molecular weight is 334 g/mol. The topological polar surface area (TPSA) is 68.3 Å². The van der Waals surface area contributed by atoms with Crippen LogP contribution < -0.4 is 9.46 Å². The first-order valence-corrected chi connectivity index (χ1v) is 8.90.